The monoisotopic (exact) mass is 560 g/mol. The fraction of sp³-hybridized carbons (Fsp3) is 0.846. The Balaban J connectivity index is 1.59. The van der Waals surface area contributed by atoms with Crippen LogP contribution in [0.25, 0.3) is 0 Å². The highest BCUT2D eigenvalue weighted by atomic mass is 32.2. The van der Waals surface area contributed by atoms with Crippen molar-refractivity contribution in [2.75, 3.05) is 44.1 Å². The fourth-order valence-electron chi connectivity index (χ4n) is 4.66. The number of aliphatic hydroxyl groups excluding tert-OH is 1. The topological polar surface area (TPSA) is 122 Å². The summed E-state index contributed by atoms with van der Waals surface area (Å²) in [5.41, 5.74) is 0. The highest BCUT2D eigenvalue weighted by Crippen LogP contribution is 2.33. The summed E-state index contributed by atoms with van der Waals surface area (Å²) in [7, 11) is 1.56. The first-order valence-corrected chi connectivity index (χ1v) is 15.6. The van der Waals surface area contributed by atoms with E-state index in [4.69, 9.17) is 9.47 Å². The highest BCUT2D eigenvalue weighted by Gasteiger charge is 2.40. The van der Waals surface area contributed by atoms with Gasteiger partial charge in [-0.1, -0.05) is 13.8 Å². The van der Waals surface area contributed by atoms with E-state index in [1.54, 1.807) is 18.9 Å². The van der Waals surface area contributed by atoms with E-state index in [9.17, 15) is 24.3 Å². The van der Waals surface area contributed by atoms with Gasteiger partial charge in [-0.3, -0.25) is 24.1 Å². The summed E-state index contributed by atoms with van der Waals surface area (Å²) in [5, 5.41) is 11.7. The molecule has 9 nitrogen and oxygen atoms in total. The van der Waals surface area contributed by atoms with Gasteiger partial charge in [-0.15, -0.1) is 11.8 Å². The number of aliphatic hydroxyl groups is 1. The van der Waals surface area contributed by atoms with E-state index in [0.29, 0.717) is 55.4 Å². The van der Waals surface area contributed by atoms with Gasteiger partial charge in [0.1, 0.15) is 5.78 Å². The predicted octanol–water partition coefficient (Wildman–Crippen LogP) is 2.63. The van der Waals surface area contributed by atoms with Crippen molar-refractivity contribution in [3.8, 4) is 0 Å². The minimum atomic E-state index is -0.423. The van der Waals surface area contributed by atoms with Crippen molar-refractivity contribution in [2.24, 2.45) is 11.8 Å². The van der Waals surface area contributed by atoms with Gasteiger partial charge < -0.3 is 19.9 Å². The molecule has 11 heteroatoms. The first-order valence-electron chi connectivity index (χ1n) is 13.4. The molecule has 1 saturated carbocycles. The van der Waals surface area contributed by atoms with Crippen LogP contribution in [0.1, 0.15) is 65.2 Å². The molecule has 1 heterocycles. The number of rotatable bonds is 18. The van der Waals surface area contributed by atoms with Crippen LogP contribution >= 0.6 is 23.5 Å². The maximum atomic E-state index is 12.8. The molecular weight excluding hydrogens is 516 g/mol. The molecule has 1 aliphatic heterocycles. The number of carbonyl (C=O) groups excluding carboxylic acids is 4. The summed E-state index contributed by atoms with van der Waals surface area (Å²) in [6.07, 6.45) is 4.66. The van der Waals surface area contributed by atoms with Crippen molar-refractivity contribution in [1.29, 1.82) is 0 Å². The lowest BCUT2D eigenvalue weighted by atomic mass is 9.79. The summed E-state index contributed by atoms with van der Waals surface area (Å²) in [5.74, 6) is 2.22. The summed E-state index contributed by atoms with van der Waals surface area (Å²) >= 11 is 2.98. The number of amides is 3. The van der Waals surface area contributed by atoms with E-state index in [2.05, 4.69) is 5.32 Å². The third-order valence-electron chi connectivity index (χ3n) is 7.03. The Morgan fingerprint density at radius 2 is 1.89 bits per heavy atom. The Labute approximate surface area is 229 Å². The Morgan fingerprint density at radius 1 is 1.16 bits per heavy atom. The second kappa shape index (κ2) is 17.4. The van der Waals surface area contributed by atoms with Crippen LogP contribution in [0.2, 0.25) is 0 Å². The quantitative estimate of drug-likeness (QED) is 0.148. The predicted molar refractivity (Wildman–Crippen MR) is 146 cm³/mol. The molecule has 2 N–H and O–H groups in total. The molecule has 0 bridgehead atoms. The van der Waals surface area contributed by atoms with E-state index in [0.717, 1.165) is 25.7 Å². The lowest BCUT2D eigenvalue weighted by Gasteiger charge is -2.30. The molecule has 2 rings (SSSR count). The average Bonchev–Trinajstić information content (AvgIpc) is 3.18. The molecule has 2 fully saturated rings. The zero-order valence-electron chi connectivity index (χ0n) is 22.4. The zero-order valence-corrected chi connectivity index (χ0v) is 24.1. The molecule has 2 aliphatic rings. The standard InChI is InChI=1S/C26H44N2O7S2/c1-4-20(16-29)35-25(34-3)17-36-12-10-23(31)27-11-13-37-22-14-24(32)28(26(22)33)15-18-6-8-19(9-7-18)21(30)5-2/h18-20,22,25,29H,4-17H2,1-3H3,(H,27,31). The van der Waals surface area contributed by atoms with E-state index in [1.807, 2.05) is 13.8 Å². The molecule has 1 aliphatic carbocycles. The summed E-state index contributed by atoms with van der Waals surface area (Å²) in [6, 6.07) is 0. The summed E-state index contributed by atoms with van der Waals surface area (Å²) in [4.78, 5) is 50.7. The number of nitrogens with zero attached hydrogens (tertiary/aromatic N) is 1. The van der Waals surface area contributed by atoms with Crippen LogP contribution in [0, 0.1) is 11.8 Å². The zero-order chi connectivity index (χ0) is 27.2. The molecule has 0 aromatic rings. The van der Waals surface area contributed by atoms with Crippen molar-refractivity contribution in [1.82, 2.24) is 10.2 Å². The molecule has 0 radical (unpaired) electrons. The molecule has 3 amide bonds. The van der Waals surface area contributed by atoms with Crippen LogP contribution < -0.4 is 5.32 Å². The second-order valence-electron chi connectivity index (χ2n) is 9.63. The number of imide groups is 1. The van der Waals surface area contributed by atoms with Crippen molar-refractivity contribution < 1.29 is 33.8 Å². The molecule has 0 aromatic carbocycles. The number of thioether (sulfide) groups is 2. The highest BCUT2D eigenvalue weighted by molar-refractivity contribution is 8.00. The Kier molecular flexibility index (Phi) is 15.1. The SMILES string of the molecule is CCC(=O)C1CCC(CN2C(=O)CC(SCCNC(=O)CCSCC(OC)OC(CC)CO)C2=O)CC1. The van der Waals surface area contributed by atoms with Gasteiger partial charge in [-0.25, -0.2) is 0 Å². The number of hydrogen-bond acceptors (Lipinski definition) is 9. The van der Waals surface area contributed by atoms with Gasteiger partial charge >= 0.3 is 0 Å². The van der Waals surface area contributed by atoms with E-state index < -0.39 is 6.29 Å². The van der Waals surface area contributed by atoms with Gasteiger partial charge in [-0.05, 0) is 38.0 Å². The van der Waals surface area contributed by atoms with E-state index in [-0.39, 0.29) is 53.9 Å². The Morgan fingerprint density at radius 3 is 2.51 bits per heavy atom. The normalized spacial score (nSPS) is 23.8. The smallest absolute Gasteiger partial charge is 0.242 e. The van der Waals surface area contributed by atoms with Gasteiger partial charge in [0, 0.05) is 62.6 Å². The van der Waals surface area contributed by atoms with Gasteiger partial charge in [0.15, 0.2) is 6.29 Å². The van der Waals surface area contributed by atoms with Crippen molar-refractivity contribution in [3.63, 3.8) is 0 Å². The molecule has 1 saturated heterocycles. The average molecular weight is 561 g/mol. The third-order valence-corrected chi connectivity index (χ3v) is 9.24. The first-order chi connectivity index (χ1) is 17.8. The Bertz CT molecular complexity index is 742. The van der Waals surface area contributed by atoms with Gasteiger partial charge in [0.05, 0.1) is 18.0 Å². The maximum Gasteiger partial charge on any atom is 0.242 e. The minimum absolute atomic E-state index is 0.0523. The first kappa shape index (κ1) is 32.1. The molecule has 0 aromatic heterocycles. The van der Waals surface area contributed by atoms with Crippen LogP contribution in [0.5, 0.6) is 0 Å². The maximum absolute atomic E-state index is 12.8. The van der Waals surface area contributed by atoms with E-state index >= 15 is 0 Å². The van der Waals surface area contributed by atoms with Crippen LogP contribution in [-0.2, 0) is 28.7 Å². The molecule has 3 unspecified atom stereocenters. The number of nitrogens with one attached hydrogen (secondary N) is 1. The minimum Gasteiger partial charge on any atom is -0.394 e. The van der Waals surface area contributed by atoms with Crippen LogP contribution in [0.4, 0.5) is 0 Å². The van der Waals surface area contributed by atoms with Gasteiger partial charge in [0.25, 0.3) is 0 Å². The number of hydrogen-bond donors (Lipinski definition) is 2. The van der Waals surface area contributed by atoms with Crippen LogP contribution in [0.15, 0.2) is 0 Å². The number of ether oxygens (including phenoxy) is 2. The number of carbonyl (C=O) groups is 4. The lowest BCUT2D eigenvalue weighted by molar-refractivity contribution is -0.151. The number of Topliss-reactive ketones (excluding diaryl/α,β-unsaturated/α-hetero) is 1. The molecule has 3 atom stereocenters. The fourth-order valence-corrected chi connectivity index (χ4v) is 6.60. The van der Waals surface area contributed by atoms with Gasteiger partial charge in [0.2, 0.25) is 17.7 Å². The third kappa shape index (κ3) is 10.9. The van der Waals surface area contributed by atoms with Crippen LogP contribution in [0.3, 0.4) is 0 Å². The van der Waals surface area contributed by atoms with E-state index in [1.165, 1.54) is 16.7 Å². The van der Waals surface area contributed by atoms with Gasteiger partial charge in [-0.2, -0.15) is 11.8 Å². The number of methoxy groups -OCH3 is 1. The van der Waals surface area contributed by atoms with Crippen LogP contribution in [-0.4, -0.2) is 95.2 Å². The largest absolute Gasteiger partial charge is 0.394 e. The second-order valence-corrected chi connectivity index (χ2v) is 12.1. The van der Waals surface area contributed by atoms with Crippen molar-refractivity contribution in [2.45, 2.75) is 82.9 Å². The summed E-state index contributed by atoms with van der Waals surface area (Å²) in [6.45, 7) is 4.69. The molecule has 0 spiro atoms. The van der Waals surface area contributed by atoms with Crippen molar-refractivity contribution >= 4 is 47.0 Å². The van der Waals surface area contributed by atoms with Crippen molar-refractivity contribution in [3.05, 3.63) is 0 Å². The molecule has 212 valence electrons. The summed E-state index contributed by atoms with van der Waals surface area (Å²) < 4.78 is 10.9. The molecule has 37 heavy (non-hydrogen) atoms. The molecular formula is C26H44N2O7S2. The lowest BCUT2D eigenvalue weighted by Crippen LogP contribution is -2.37. The number of likely N-dealkylation sites (tertiary alicyclic amines) is 1. The Hall–Kier alpha value is -1.14. The number of ketones is 1.